The van der Waals surface area contributed by atoms with Crippen molar-refractivity contribution < 1.29 is 9.59 Å². The minimum atomic E-state index is -1.03. The molecule has 1 saturated carbocycles. The summed E-state index contributed by atoms with van der Waals surface area (Å²) in [6.45, 7) is 2.48. The molecule has 7 nitrogen and oxygen atoms in total. The highest BCUT2D eigenvalue weighted by atomic mass is 16.2. The average Bonchev–Trinajstić information content (AvgIpc) is 3.40. The van der Waals surface area contributed by atoms with Crippen LogP contribution in [0, 0.1) is 0 Å². The Balaban J connectivity index is 1.57. The van der Waals surface area contributed by atoms with E-state index in [4.69, 9.17) is 0 Å². The standard InChI is InChI=1S/C23H25N5O2/c1-23(22(30)25-16-8-2-3-9-16)15-27-19-12-5-4-11-18(19)26-20(27)21(29)28(23)14-17-10-6-7-13-24-17/h4-7,10-13,16H,2-3,8-9,14-15H2,1H3,(H,25,30). The third-order valence-electron chi connectivity index (χ3n) is 6.38. The number of nitrogens with one attached hydrogen (secondary N) is 1. The van der Waals surface area contributed by atoms with Gasteiger partial charge in [-0.1, -0.05) is 31.0 Å². The first-order valence-corrected chi connectivity index (χ1v) is 10.5. The molecular weight excluding hydrogens is 378 g/mol. The van der Waals surface area contributed by atoms with Gasteiger partial charge >= 0.3 is 0 Å². The second-order valence-corrected chi connectivity index (χ2v) is 8.45. The van der Waals surface area contributed by atoms with Crippen LogP contribution in [0.1, 0.15) is 48.9 Å². The summed E-state index contributed by atoms with van der Waals surface area (Å²) in [6, 6.07) is 13.5. The van der Waals surface area contributed by atoms with Crippen LogP contribution in [0.15, 0.2) is 48.7 Å². The van der Waals surface area contributed by atoms with Gasteiger partial charge in [-0.15, -0.1) is 0 Å². The summed E-state index contributed by atoms with van der Waals surface area (Å²) in [5.41, 5.74) is 1.35. The Hall–Kier alpha value is -3.22. The zero-order valence-corrected chi connectivity index (χ0v) is 17.0. The van der Waals surface area contributed by atoms with Crippen LogP contribution in [0.3, 0.4) is 0 Å². The molecule has 3 aromatic rings. The van der Waals surface area contributed by atoms with E-state index in [9.17, 15) is 9.59 Å². The molecule has 2 aromatic heterocycles. The molecule has 7 heteroatoms. The second-order valence-electron chi connectivity index (χ2n) is 8.45. The van der Waals surface area contributed by atoms with E-state index in [1.165, 1.54) is 0 Å². The largest absolute Gasteiger partial charge is 0.351 e. The van der Waals surface area contributed by atoms with Crippen molar-refractivity contribution in [2.45, 2.75) is 57.3 Å². The highest BCUT2D eigenvalue weighted by molar-refractivity contribution is 6.01. The second kappa shape index (κ2) is 7.23. The van der Waals surface area contributed by atoms with Crippen molar-refractivity contribution in [3.05, 3.63) is 60.2 Å². The number of carbonyl (C=O) groups is 2. The van der Waals surface area contributed by atoms with Gasteiger partial charge in [-0.25, -0.2) is 4.98 Å². The molecule has 1 aliphatic heterocycles. The molecule has 2 amide bonds. The minimum absolute atomic E-state index is 0.109. The normalized spacial score (nSPS) is 21.8. The van der Waals surface area contributed by atoms with Crippen LogP contribution in [0.4, 0.5) is 0 Å². The minimum Gasteiger partial charge on any atom is -0.351 e. The van der Waals surface area contributed by atoms with Crippen molar-refractivity contribution in [1.82, 2.24) is 24.8 Å². The summed E-state index contributed by atoms with van der Waals surface area (Å²) < 4.78 is 1.89. The van der Waals surface area contributed by atoms with Crippen LogP contribution in [0.25, 0.3) is 11.0 Å². The fraction of sp³-hybridized carbons (Fsp3) is 0.391. The van der Waals surface area contributed by atoms with E-state index in [-0.39, 0.29) is 24.4 Å². The number of aromatic nitrogens is 3. The van der Waals surface area contributed by atoms with Gasteiger partial charge in [-0.05, 0) is 44.0 Å². The van der Waals surface area contributed by atoms with E-state index in [0.717, 1.165) is 42.4 Å². The zero-order valence-electron chi connectivity index (χ0n) is 17.0. The van der Waals surface area contributed by atoms with Gasteiger partial charge in [0.15, 0.2) is 5.82 Å². The maximum Gasteiger partial charge on any atom is 0.291 e. The van der Waals surface area contributed by atoms with Crippen LogP contribution in [-0.2, 0) is 17.9 Å². The number of imidazole rings is 1. The van der Waals surface area contributed by atoms with Crippen molar-refractivity contribution in [2.24, 2.45) is 0 Å². The lowest BCUT2D eigenvalue weighted by atomic mass is 9.94. The molecule has 1 unspecified atom stereocenters. The van der Waals surface area contributed by atoms with Crippen molar-refractivity contribution in [2.75, 3.05) is 0 Å². The summed E-state index contributed by atoms with van der Waals surface area (Å²) in [5, 5.41) is 3.21. The first-order valence-electron chi connectivity index (χ1n) is 10.5. The maximum atomic E-state index is 13.6. The number of carbonyl (C=O) groups excluding carboxylic acids is 2. The fourth-order valence-corrected chi connectivity index (χ4v) is 4.64. The molecule has 1 aliphatic carbocycles. The number of pyridine rings is 1. The fourth-order valence-electron chi connectivity index (χ4n) is 4.64. The number of hydrogen-bond donors (Lipinski definition) is 1. The zero-order chi connectivity index (χ0) is 20.7. The van der Waals surface area contributed by atoms with E-state index in [1.54, 1.807) is 11.1 Å². The Kier molecular flexibility index (Phi) is 4.53. The number of para-hydroxylation sites is 2. The van der Waals surface area contributed by atoms with Gasteiger partial charge in [0.25, 0.3) is 5.91 Å². The molecule has 1 atom stereocenters. The molecular formula is C23H25N5O2. The van der Waals surface area contributed by atoms with Crippen LogP contribution in [0.2, 0.25) is 0 Å². The monoisotopic (exact) mass is 403 g/mol. The van der Waals surface area contributed by atoms with Gasteiger partial charge < -0.3 is 14.8 Å². The predicted molar refractivity (Wildman–Crippen MR) is 113 cm³/mol. The summed E-state index contributed by atoms with van der Waals surface area (Å²) in [7, 11) is 0. The Morgan fingerprint density at radius 2 is 1.93 bits per heavy atom. The summed E-state index contributed by atoms with van der Waals surface area (Å²) in [5.74, 6) is 0.0209. The number of nitrogens with zero attached hydrogens (tertiary/aromatic N) is 4. The number of rotatable bonds is 4. The van der Waals surface area contributed by atoms with Crippen LogP contribution < -0.4 is 5.32 Å². The third-order valence-corrected chi connectivity index (χ3v) is 6.38. The number of benzene rings is 1. The molecule has 3 heterocycles. The van der Waals surface area contributed by atoms with Gasteiger partial charge in [0.2, 0.25) is 5.91 Å². The van der Waals surface area contributed by atoms with Gasteiger partial charge in [-0.2, -0.15) is 0 Å². The van der Waals surface area contributed by atoms with Crippen LogP contribution in [-0.4, -0.2) is 42.8 Å². The van der Waals surface area contributed by atoms with Crippen molar-refractivity contribution in [3.63, 3.8) is 0 Å². The first-order chi connectivity index (χ1) is 14.6. The topological polar surface area (TPSA) is 80.1 Å². The van der Waals surface area contributed by atoms with Gasteiger partial charge in [0, 0.05) is 12.2 Å². The number of hydrogen-bond acceptors (Lipinski definition) is 4. The summed E-state index contributed by atoms with van der Waals surface area (Å²) in [6.07, 6.45) is 5.96. The smallest absolute Gasteiger partial charge is 0.291 e. The molecule has 2 aliphatic rings. The average molecular weight is 403 g/mol. The van der Waals surface area contributed by atoms with E-state index in [1.807, 2.05) is 54.0 Å². The molecule has 5 rings (SSSR count). The molecule has 0 radical (unpaired) electrons. The third kappa shape index (κ3) is 3.05. The Morgan fingerprint density at radius 1 is 1.17 bits per heavy atom. The van der Waals surface area contributed by atoms with E-state index in [0.29, 0.717) is 12.4 Å². The highest BCUT2D eigenvalue weighted by Crippen LogP contribution is 2.32. The highest BCUT2D eigenvalue weighted by Gasteiger charge is 2.49. The van der Waals surface area contributed by atoms with E-state index in [2.05, 4.69) is 15.3 Å². The van der Waals surface area contributed by atoms with Crippen LogP contribution >= 0.6 is 0 Å². The molecule has 0 saturated heterocycles. The SMILES string of the molecule is CC1(C(=O)NC2CCCC2)Cn2c(nc3ccccc32)C(=O)N1Cc1ccccn1. The summed E-state index contributed by atoms with van der Waals surface area (Å²) >= 11 is 0. The molecule has 1 aromatic carbocycles. The molecule has 30 heavy (non-hydrogen) atoms. The summed E-state index contributed by atoms with van der Waals surface area (Å²) in [4.78, 5) is 37.7. The van der Waals surface area contributed by atoms with Gasteiger partial charge in [0.1, 0.15) is 5.54 Å². The number of fused-ring (bicyclic) bond motifs is 3. The quantitative estimate of drug-likeness (QED) is 0.726. The van der Waals surface area contributed by atoms with Gasteiger partial charge in [-0.3, -0.25) is 14.6 Å². The molecule has 0 bridgehead atoms. The van der Waals surface area contributed by atoms with Crippen molar-refractivity contribution >= 4 is 22.8 Å². The number of amides is 2. The lowest BCUT2D eigenvalue weighted by Gasteiger charge is -2.43. The van der Waals surface area contributed by atoms with E-state index < -0.39 is 5.54 Å². The predicted octanol–water partition coefficient (Wildman–Crippen LogP) is 2.90. The maximum absolute atomic E-state index is 13.6. The van der Waals surface area contributed by atoms with E-state index >= 15 is 0 Å². The molecule has 1 fully saturated rings. The van der Waals surface area contributed by atoms with Crippen molar-refractivity contribution in [3.8, 4) is 0 Å². The first kappa shape index (κ1) is 18.8. The molecule has 1 N–H and O–H groups in total. The Bertz CT molecular complexity index is 1100. The molecule has 0 spiro atoms. The lowest BCUT2D eigenvalue weighted by molar-refractivity contribution is -0.133. The van der Waals surface area contributed by atoms with Crippen molar-refractivity contribution in [1.29, 1.82) is 0 Å². The van der Waals surface area contributed by atoms with Crippen LogP contribution in [0.5, 0.6) is 0 Å². The van der Waals surface area contributed by atoms with Gasteiger partial charge in [0.05, 0.1) is 29.8 Å². The lowest BCUT2D eigenvalue weighted by Crippen LogP contribution is -2.64. The Labute approximate surface area is 175 Å². The Morgan fingerprint density at radius 3 is 2.70 bits per heavy atom. The molecule has 154 valence electrons.